The van der Waals surface area contributed by atoms with Crippen LogP contribution in [0.4, 0.5) is 0 Å². The van der Waals surface area contributed by atoms with E-state index in [0.29, 0.717) is 0 Å². The van der Waals surface area contributed by atoms with Crippen LogP contribution in [0.1, 0.15) is 37.8 Å². The fraction of sp³-hybridized carbons (Fsp3) is 0.875. The van der Waals surface area contributed by atoms with Crippen molar-refractivity contribution in [1.82, 2.24) is 0 Å². The number of aliphatic hydroxyl groups is 1. The molecule has 0 aromatic carbocycles. The van der Waals surface area contributed by atoms with Gasteiger partial charge in [-0.15, -0.1) is 12.4 Å². The molecule has 4 nitrogen and oxygen atoms in total. The third-order valence-corrected chi connectivity index (χ3v) is 1.32. The maximum absolute atomic E-state index is 10.9. The molecule has 0 saturated heterocycles. The van der Waals surface area contributed by atoms with Crippen LogP contribution in [0.25, 0.3) is 0 Å². The van der Waals surface area contributed by atoms with Gasteiger partial charge >= 0.3 is 0 Å². The normalized spacial score (nSPS) is 46.5. The van der Waals surface area contributed by atoms with Gasteiger partial charge in [-0.1, -0.05) is 19.1 Å². The number of rotatable bonds is 4. The molecule has 1 aliphatic rings. The lowest BCUT2D eigenvalue weighted by Crippen LogP contribution is -2.45. The Kier molecular flexibility index (Phi) is 1.69. The molecule has 1 fully saturated rings. The smallest absolute Gasteiger partial charge is 0.247 e. The van der Waals surface area contributed by atoms with Crippen LogP contribution in [-0.2, 0) is 4.79 Å². The molecule has 0 heterocycles. The molecular weight excluding hydrogens is 192 g/mol. The maximum Gasteiger partial charge on any atom is 0.247 e. The lowest BCUT2D eigenvalue weighted by Gasteiger charge is -2.29. The van der Waals surface area contributed by atoms with Gasteiger partial charge in [-0.05, 0) is 12.3 Å². The van der Waals surface area contributed by atoms with Gasteiger partial charge in [0.25, 0.3) is 0 Å². The summed E-state index contributed by atoms with van der Waals surface area (Å²) in [4.78, 5) is 10.9. The van der Waals surface area contributed by atoms with Crippen molar-refractivity contribution in [3.63, 3.8) is 0 Å². The summed E-state index contributed by atoms with van der Waals surface area (Å²) in [5.41, 5.74) is 10.1. The second-order valence-electron chi connectivity index (χ2n) is 2.27. The molecule has 5 N–H and O–H groups in total. The molecule has 5 heteroatoms. The van der Waals surface area contributed by atoms with E-state index in [0.717, 1.165) is 0 Å². The minimum absolute atomic E-state index is 0. The van der Waals surface area contributed by atoms with Crippen molar-refractivity contribution < 1.29 is 22.2 Å². The summed E-state index contributed by atoms with van der Waals surface area (Å²) in [7, 11) is 0. The van der Waals surface area contributed by atoms with Gasteiger partial charge in [0, 0.05) is 18.4 Å². The summed E-state index contributed by atoms with van der Waals surface area (Å²) in [5.74, 6) is -4.70. The van der Waals surface area contributed by atoms with E-state index >= 15 is 0 Å². The highest BCUT2D eigenvalue weighted by Crippen LogP contribution is 2.30. The molecule has 0 bridgehead atoms. The average Bonchev–Trinajstić information content (AvgIpc) is 2.33. The van der Waals surface area contributed by atoms with Gasteiger partial charge in [0.1, 0.15) is 6.10 Å². The Labute approximate surface area is 96.7 Å². The first-order valence-corrected chi connectivity index (χ1v) is 3.25. The third-order valence-electron chi connectivity index (χ3n) is 1.32. The molecule has 1 aliphatic carbocycles. The first-order valence-electron chi connectivity index (χ1n) is 7.75. The lowest BCUT2D eigenvalue weighted by molar-refractivity contribution is -0.127. The molecular formula is C8H17ClN2O2. The van der Waals surface area contributed by atoms with Crippen LogP contribution in [0.3, 0.4) is 0 Å². The predicted molar refractivity (Wildman–Crippen MR) is 52.4 cm³/mol. The Hall–Kier alpha value is -0.320. The van der Waals surface area contributed by atoms with E-state index in [1.807, 2.05) is 0 Å². The molecule has 0 aromatic heterocycles. The Morgan fingerprint density at radius 2 is 2.38 bits per heavy atom. The first kappa shape index (κ1) is 4.04. The minimum atomic E-state index is -3.29. The number of nitrogens with two attached hydrogens (primary N) is 2. The number of carbonyl (C=O) groups is 1. The van der Waals surface area contributed by atoms with Gasteiger partial charge in [0.2, 0.25) is 5.91 Å². The zero-order valence-electron chi connectivity index (χ0n) is 15.6. The number of hydrogen-bond donors (Lipinski definition) is 3. The van der Waals surface area contributed by atoms with Crippen LogP contribution in [0.2, 0.25) is 0 Å². The van der Waals surface area contributed by atoms with Crippen LogP contribution < -0.4 is 11.5 Å². The SMILES string of the molecule is Cl.[2H]C([2H])(C(N)C(O)C(N)=O)C1([2H])C([2H])([2H])C([2H])([2H])C1([2H])[2H]. The molecule has 1 amide bonds. The monoisotopic (exact) mass is 217 g/mol. The average molecular weight is 218 g/mol. The lowest BCUT2D eigenvalue weighted by atomic mass is 9.80. The molecule has 1 saturated carbocycles. The van der Waals surface area contributed by atoms with Gasteiger partial charge in [-0.25, -0.2) is 0 Å². The second-order valence-corrected chi connectivity index (χ2v) is 2.27. The first-order chi connectivity index (χ1) is 9.01. The molecule has 2 atom stereocenters. The summed E-state index contributed by atoms with van der Waals surface area (Å²) >= 11 is 0. The van der Waals surface area contributed by atoms with E-state index in [9.17, 15) is 9.90 Å². The van der Waals surface area contributed by atoms with E-state index in [1.165, 1.54) is 0 Å². The highest BCUT2D eigenvalue weighted by atomic mass is 35.5. The Morgan fingerprint density at radius 3 is 2.85 bits per heavy atom. The number of primary amides is 1. The van der Waals surface area contributed by atoms with E-state index in [-0.39, 0.29) is 12.4 Å². The van der Waals surface area contributed by atoms with Crippen LogP contribution in [0.15, 0.2) is 0 Å². The topological polar surface area (TPSA) is 89.3 Å². The zero-order chi connectivity index (χ0) is 17.2. The summed E-state index contributed by atoms with van der Waals surface area (Å²) in [5, 5.41) is 9.42. The zero-order valence-corrected chi connectivity index (χ0v) is 7.39. The molecule has 1 rings (SSSR count). The number of amides is 1. The van der Waals surface area contributed by atoms with Crippen molar-refractivity contribution in [3.8, 4) is 0 Å². The Balaban J connectivity index is 0.00000441. The molecule has 13 heavy (non-hydrogen) atoms. The number of aliphatic hydroxyl groups excluding tert-OH is 1. The Bertz CT molecular complexity index is 455. The fourth-order valence-electron chi connectivity index (χ4n) is 0.620. The van der Waals surface area contributed by atoms with E-state index < -0.39 is 49.4 Å². The fourth-order valence-corrected chi connectivity index (χ4v) is 0.620. The van der Waals surface area contributed by atoms with Gasteiger partial charge in [0.15, 0.2) is 0 Å². The summed E-state index contributed by atoms with van der Waals surface area (Å²) in [6, 6.07) is -2.20. The van der Waals surface area contributed by atoms with E-state index in [4.69, 9.17) is 23.8 Å². The summed E-state index contributed by atoms with van der Waals surface area (Å²) in [6.45, 7) is 0. The van der Waals surface area contributed by atoms with Gasteiger partial charge in [-0.3, -0.25) is 4.79 Å². The maximum atomic E-state index is 10.9. The highest BCUT2D eigenvalue weighted by Gasteiger charge is 2.26. The van der Waals surface area contributed by atoms with E-state index in [2.05, 4.69) is 0 Å². The standard InChI is InChI=1S/C8H16N2O2.ClH/c9-6(7(11)8(10)12)4-5-2-1-3-5;/h5-7,11H,1-4,9H2,(H2,10,12);1H/i1D2,2D2,3D2,4D2,5D;. The molecule has 2 unspecified atom stereocenters. The van der Waals surface area contributed by atoms with Crippen LogP contribution in [-0.4, -0.2) is 23.2 Å². The third kappa shape index (κ3) is 3.50. The summed E-state index contributed by atoms with van der Waals surface area (Å²) < 4.78 is 68.3. The van der Waals surface area contributed by atoms with E-state index in [1.54, 1.807) is 0 Å². The van der Waals surface area contributed by atoms with Crippen molar-refractivity contribution in [3.05, 3.63) is 0 Å². The molecule has 0 aromatic rings. The molecule has 78 valence electrons. The minimum Gasteiger partial charge on any atom is -0.382 e. The van der Waals surface area contributed by atoms with Crippen molar-refractivity contribution in [2.24, 2.45) is 17.4 Å². The van der Waals surface area contributed by atoms with Crippen molar-refractivity contribution in [1.29, 1.82) is 0 Å². The summed E-state index contributed by atoms with van der Waals surface area (Å²) in [6.07, 6.45) is -15.2. The highest BCUT2D eigenvalue weighted by molar-refractivity contribution is 5.85. The van der Waals surface area contributed by atoms with Crippen molar-refractivity contribution in [2.45, 2.75) is 37.6 Å². The van der Waals surface area contributed by atoms with Crippen molar-refractivity contribution in [2.75, 3.05) is 0 Å². The van der Waals surface area contributed by atoms with Crippen molar-refractivity contribution >= 4 is 18.3 Å². The number of hydrogen-bond acceptors (Lipinski definition) is 3. The predicted octanol–water partition coefficient (Wildman–Crippen LogP) is -0.228. The molecule has 0 spiro atoms. The van der Waals surface area contributed by atoms with Gasteiger partial charge in [0.05, 0.1) is 0 Å². The van der Waals surface area contributed by atoms with Crippen LogP contribution in [0.5, 0.6) is 0 Å². The number of halogens is 1. The largest absolute Gasteiger partial charge is 0.382 e. The van der Waals surface area contributed by atoms with Gasteiger partial charge < -0.3 is 16.6 Å². The van der Waals surface area contributed by atoms with Crippen LogP contribution in [0, 0.1) is 5.89 Å². The quantitative estimate of drug-likeness (QED) is 0.608. The number of carbonyl (C=O) groups excluding carboxylic acids is 1. The van der Waals surface area contributed by atoms with Crippen LogP contribution >= 0.6 is 12.4 Å². The second kappa shape index (κ2) is 5.42. The molecule has 0 aliphatic heterocycles. The molecule has 0 radical (unpaired) electrons. The Morgan fingerprint density at radius 1 is 1.85 bits per heavy atom. The van der Waals surface area contributed by atoms with Gasteiger partial charge in [-0.2, -0.15) is 0 Å².